The first-order valence-corrected chi connectivity index (χ1v) is 12.4. The van der Waals surface area contributed by atoms with E-state index in [-0.39, 0.29) is 23.8 Å². The highest BCUT2D eigenvalue weighted by Gasteiger charge is 2.47. The van der Waals surface area contributed by atoms with Gasteiger partial charge in [0.1, 0.15) is 12.0 Å². The Morgan fingerprint density at radius 3 is 2.50 bits per heavy atom. The summed E-state index contributed by atoms with van der Waals surface area (Å²) in [4.78, 5) is 40.4. The van der Waals surface area contributed by atoms with Gasteiger partial charge in [-0.1, -0.05) is 25.8 Å². The van der Waals surface area contributed by atoms with Crippen LogP contribution in [0.4, 0.5) is 0 Å². The molecule has 2 heterocycles. The lowest BCUT2D eigenvalue weighted by Gasteiger charge is -2.38. The average Bonchev–Trinajstić information content (AvgIpc) is 3.17. The number of hydrogen-bond acceptors (Lipinski definition) is 7. The molecule has 0 amide bonds. The molecule has 3 atom stereocenters. The van der Waals surface area contributed by atoms with Crippen LogP contribution in [0.5, 0.6) is 0 Å². The highest BCUT2D eigenvalue weighted by molar-refractivity contribution is 7.10. The van der Waals surface area contributed by atoms with E-state index in [0.717, 1.165) is 42.0 Å². The first-order chi connectivity index (χ1) is 15.4. The predicted octanol–water partition coefficient (Wildman–Crippen LogP) is 4.63. The zero-order chi connectivity index (χ0) is 22.8. The fraction of sp³-hybridized carbons (Fsp3) is 0.560. The second-order valence-corrected chi connectivity index (χ2v) is 10.0. The van der Waals surface area contributed by atoms with Crippen LogP contribution in [0.2, 0.25) is 0 Å². The van der Waals surface area contributed by atoms with Gasteiger partial charge < -0.3 is 14.8 Å². The van der Waals surface area contributed by atoms with Gasteiger partial charge in [0.2, 0.25) is 0 Å². The summed E-state index contributed by atoms with van der Waals surface area (Å²) >= 11 is 1.50. The first kappa shape index (κ1) is 22.8. The van der Waals surface area contributed by atoms with Crippen molar-refractivity contribution in [1.29, 1.82) is 0 Å². The third-order valence-corrected chi connectivity index (χ3v) is 7.80. The normalized spacial score (nSPS) is 26.8. The number of nitrogens with one attached hydrogen (secondary N) is 1. The number of allylic oxidation sites excluding steroid dienone is 3. The van der Waals surface area contributed by atoms with Gasteiger partial charge in [0.05, 0.1) is 18.6 Å². The van der Waals surface area contributed by atoms with Crippen LogP contribution in [0.25, 0.3) is 0 Å². The maximum atomic E-state index is 13.6. The molecule has 0 saturated heterocycles. The van der Waals surface area contributed by atoms with E-state index in [1.807, 2.05) is 31.4 Å². The first-order valence-electron chi connectivity index (χ1n) is 11.5. The number of methoxy groups -OCH3 is 1. The van der Waals surface area contributed by atoms with E-state index >= 15 is 0 Å². The minimum atomic E-state index is -0.861. The van der Waals surface area contributed by atoms with Crippen molar-refractivity contribution >= 4 is 29.1 Å². The Kier molecular flexibility index (Phi) is 6.84. The molecule has 0 spiro atoms. The van der Waals surface area contributed by atoms with Crippen LogP contribution in [0.1, 0.15) is 69.6 Å². The van der Waals surface area contributed by atoms with E-state index in [1.54, 1.807) is 0 Å². The summed E-state index contributed by atoms with van der Waals surface area (Å²) in [5.41, 5.74) is 2.49. The van der Waals surface area contributed by atoms with Crippen LogP contribution in [-0.4, -0.2) is 30.9 Å². The summed E-state index contributed by atoms with van der Waals surface area (Å²) in [6.07, 6.45) is 6.69. The fourth-order valence-corrected chi connectivity index (χ4v) is 6.11. The van der Waals surface area contributed by atoms with Gasteiger partial charge in [0, 0.05) is 21.8 Å². The summed E-state index contributed by atoms with van der Waals surface area (Å²) < 4.78 is 10.9. The van der Waals surface area contributed by atoms with Crippen molar-refractivity contribution < 1.29 is 23.9 Å². The maximum Gasteiger partial charge on any atom is 0.337 e. The molecule has 1 aromatic rings. The standard InChI is InChI=1S/C25H31NO5S/c1-14-13-17-21(23(27)19(14)24(28)30-3)22(18-11-8-12-32-18)20(15(2)26-17)25(29)31-16-9-6-4-5-7-10-16/h8,11-12,14,16,19,22,26H,4-7,9-10,13H2,1-3H3/t14-,19+,22-/m1/s1. The van der Waals surface area contributed by atoms with Crippen molar-refractivity contribution in [2.24, 2.45) is 11.8 Å². The van der Waals surface area contributed by atoms with Gasteiger partial charge >= 0.3 is 11.9 Å². The maximum absolute atomic E-state index is 13.6. The zero-order valence-electron chi connectivity index (χ0n) is 18.9. The quantitative estimate of drug-likeness (QED) is 0.403. The Balaban J connectivity index is 1.71. The molecule has 0 unspecified atom stereocenters. The number of ketones is 1. The molecule has 1 aliphatic heterocycles. The smallest absolute Gasteiger partial charge is 0.337 e. The van der Waals surface area contributed by atoms with Crippen molar-refractivity contribution in [3.8, 4) is 0 Å². The molecule has 0 bridgehead atoms. The van der Waals surface area contributed by atoms with Crippen LogP contribution in [-0.2, 0) is 23.9 Å². The highest BCUT2D eigenvalue weighted by Crippen LogP contribution is 2.46. The molecule has 0 radical (unpaired) electrons. The minimum absolute atomic E-state index is 0.0884. The topological polar surface area (TPSA) is 81.7 Å². The minimum Gasteiger partial charge on any atom is -0.468 e. The molecule has 2 aliphatic carbocycles. The SMILES string of the molecule is COC(=O)[C@@H]1C(=O)C2=C(C[C@H]1C)NC(C)=C(C(=O)OC1CCCCCC1)[C@H]2c1cccs1. The van der Waals surface area contributed by atoms with Crippen LogP contribution in [0, 0.1) is 11.8 Å². The molecule has 32 heavy (non-hydrogen) atoms. The summed E-state index contributed by atoms with van der Waals surface area (Å²) in [7, 11) is 1.31. The Labute approximate surface area is 193 Å². The molecule has 6 nitrogen and oxygen atoms in total. The number of esters is 2. The molecule has 4 rings (SSSR count). The molecule has 1 saturated carbocycles. The van der Waals surface area contributed by atoms with E-state index in [4.69, 9.17) is 9.47 Å². The van der Waals surface area contributed by atoms with Crippen molar-refractivity contribution in [3.05, 3.63) is 44.9 Å². The Hall–Kier alpha value is -2.41. The van der Waals surface area contributed by atoms with Crippen LogP contribution < -0.4 is 5.32 Å². The van der Waals surface area contributed by atoms with Crippen molar-refractivity contribution in [2.45, 2.75) is 70.8 Å². The third-order valence-electron chi connectivity index (χ3n) is 6.87. The Morgan fingerprint density at radius 2 is 1.88 bits per heavy atom. The van der Waals surface area contributed by atoms with Gasteiger partial charge in [-0.2, -0.15) is 0 Å². The molecular weight excluding hydrogens is 426 g/mol. The average molecular weight is 458 g/mol. The number of carbonyl (C=O) groups is 3. The lowest BCUT2D eigenvalue weighted by molar-refractivity contribution is -0.151. The second-order valence-electron chi connectivity index (χ2n) is 9.07. The Morgan fingerprint density at radius 1 is 1.16 bits per heavy atom. The molecule has 0 aromatic carbocycles. The van der Waals surface area contributed by atoms with Crippen LogP contribution in [0.15, 0.2) is 40.1 Å². The number of dihydropyridines is 1. The number of ether oxygens (including phenoxy) is 2. The van der Waals surface area contributed by atoms with Crippen LogP contribution >= 0.6 is 11.3 Å². The van der Waals surface area contributed by atoms with Crippen molar-refractivity contribution in [3.63, 3.8) is 0 Å². The third kappa shape index (κ3) is 4.27. The largest absolute Gasteiger partial charge is 0.468 e. The molecule has 1 N–H and O–H groups in total. The number of hydrogen-bond donors (Lipinski definition) is 1. The van der Waals surface area contributed by atoms with Gasteiger partial charge in [0.25, 0.3) is 0 Å². The van der Waals surface area contributed by atoms with E-state index < -0.39 is 17.8 Å². The fourth-order valence-electron chi connectivity index (χ4n) is 5.27. The van der Waals surface area contributed by atoms with E-state index in [2.05, 4.69) is 5.32 Å². The number of carbonyl (C=O) groups excluding carboxylic acids is 3. The van der Waals surface area contributed by atoms with Gasteiger partial charge in [-0.15, -0.1) is 11.3 Å². The monoisotopic (exact) mass is 457 g/mol. The highest BCUT2D eigenvalue weighted by atomic mass is 32.1. The van der Waals surface area contributed by atoms with Crippen LogP contribution in [0.3, 0.4) is 0 Å². The molecule has 7 heteroatoms. The zero-order valence-corrected chi connectivity index (χ0v) is 19.8. The predicted molar refractivity (Wildman–Crippen MR) is 122 cm³/mol. The molecular formula is C25H31NO5S. The van der Waals surface area contributed by atoms with Gasteiger partial charge in [-0.3, -0.25) is 9.59 Å². The van der Waals surface area contributed by atoms with Crippen molar-refractivity contribution in [1.82, 2.24) is 5.32 Å². The van der Waals surface area contributed by atoms with E-state index in [9.17, 15) is 14.4 Å². The molecule has 1 aromatic heterocycles. The molecule has 172 valence electrons. The molecule has 1 fully saturated rings. The lowest BCUT2D eigenvalue weighted by Crippen LogP contribution is -2.43. The number of Topliss-reactive ketones (excluding diaryl/α,β-unsaturated/α-hetero) is 1. The van der Waals surface area contributed by atoms with Gasteiger partial charge in [-0.05, 0) is 56.4 Å². The summed E-state index contributed by atoms with van der Waals surface area (Å²) in [5, 5.41) is 5.26. The second kappa shape index (κ2) is 9.61. The van der Waals surface area contributed by atoms with Crippen molar-refractivity contribution in [2.75, 3.05) is 7.11 Å². The summed E-state index contributed by atoms with van der Waals surface area (Å²) in [6.45, 7) is 3.76. The lowest BCUT2D eigenvalue weighted by atomic mass is 9.70. The van der Waals surface area contributed by atoms with E-state index in [1.165, 1.54) is 31.3 Å². The summed E-state index contributed by atoms with van der Waals surface area (Å²) in [5.74, 6) is -2.72. The van der Waals surface area contributed by atoms with Gasteiger partial charge in [-0.25, -0.2) is 4.79 Å². The molecule has 3 aliphatic rings. The Bertz CT molecular complexity index is 953. The number of thiophene rings is 1. The van der Waals surface area contributed by atoms with Gasteiger partial charge in [0.15, 0.2) is 5.78 Å². The summed E-state index contributed by atoms with van der Waals surface area (Å²) in [6, 6.07) is 3.86. The number of rotatable bonds is 4. The van der Waals surface area contributed by atoms with E-state index in [0.29, 0.717) is 17.6 Å².